The highest BCUT2D eigenvalue weighted by Crippen LogP contribution is 2.20. The van der Waals surface area contributed by atoms with Crippen LogP contribution in [0.25, 0.3) is 11.5 Å². The van der Waals surface area contributed by atoms with Gasteiger partial charge in [-0.3, -0.25) is 4.79 Å². The van der Waals surface area contributed by atoms with E-state index in [-0.39, 0.29) is 12.3 Å². The molecule has 0 aliphatic rings. The van der Waals surface area contributed by atoms with E-state index >= 15 is 0 Å². The Morgan fingerprint density at radius 2 is 1.96 bits per heavy atom. The van der Waals surface area contributed by atoms with E-state index in [1.54, 1.807) is 12.1 Å². The summed E-state index contributed by atoms with van der Waals surface area (Å²) in [7, 11) is 0. The van der Waals surface area contributed by atoms with Gasteiger partial charge in [0, 0.05) is 29.1 Å². The normalized spacial score (nSPS) is 10.6. The Hall–Kier alpha value is -2.66. The van der Waals surface area contributed by atoms with E-state index in [9.17, 15) is 4.79 Å². The van der Waals surface area contributed by atoms with Crippen LogP contribution in [0.2, 0.25) is 5.02 Å². The Morgan fingerprint density at radius 3 is 2.71 bits per heavy atom. The molecule has 1 aromatic heterocycles. The van der Waals surface area contributed by atoms with Gasteiger partial charge in [0.15, 0.2) is 0 Å². The quantitative estimate of drug-likeness (QED) is 0.752. The van der Waals surface area contributed by atoms with Gasteiger partial charge in [0.25, 0.3) is 0 Å². The summed E-state index contributed by atoms with van der Waals surface area (Å²) in [6.45, 7) is 1.98. The maximum atomic E-state index is 12.0. The number of benzene rings is 2. The monoisotopic (exact) mass is 341 g/mol. The van der Waals surface area contributed by atoms with Gasteiger partial charge in [-0.2, -0.15) is 0 Å². The number of halogens is 1. The van der Waals surface area contributed by atoms with Crippen LogP contribution in [-0.4, -0.2) is 16.1 Å². The molecule has 0 aliphatic carbocycles. The van der Waals surface area contributed by atoms with Crippen LogP contribution in [0, 0.1) is 6.92 Å². The topological polar surface area (TPSA) is 68.0 Å². The van der Waals surface area contributed by atoms with Crippen LogP contribution < -0.4 is 5.32 Å². The molecule has 0 spiro atoms. The molecule has 1 heterocycles. The molecule has 0 aliphatic heterocycles. The first-order valence-electron chi connectivity index (χ1n) is 7.55. The lowest BCUT2D eigenvalue weighted by molar-refractivity contribution is -0.116. The van der Waals surface area contributed by atoms with E-state index < -0.39 is 0 Å². The number of aryl methyl sites for hydroxylation is 2. The van der Waals surface area contributed by atoms with Crippen molar-refractivity contribution >= 4 is 23.2 Å². The van der Waals surface area contributed by atoms with Gasteiger partial charge in [0.1, 0.15) is 0 Å². The Kier molecular flexibility index (Phi) is 4.91. The second-order valence-corrected chi connectivity index (χ2v) is 5.86. The van der Waals surface area contributed by atoms with E-state index in [1.807, 2.05) is 43.3 Å². The molecule has 0 saturated heterocycles. The first kappa shape index (κ1) is 16.2. The van der Waals surface area contributed by atoms with Crippen LogP contribution in [0.4, 0.5) is 5.69 Å². The number of hydrogen-bond donors (Lipinski definition) is 1. The lowest BCUT2D eigenvalue weighted by atomic mass is 10.2. The van der Waals surface area contributed by atoms with Gasteiger partial charge in [0.2, 0.25) is 17.7 Å². The van der Waals surface area contributed by atoms with E-state index in [2.05, 4.69) is 15.5 Å². The Labute approximate surface area is 144 Å². The van der Waals surface area contributed by atoms with E-state index in [0.29, 0.717) is 23.2 Å². The molecule has 3 rings (SSSR count). The van der Waals surface area contributed by atoms with Gasteiger partial charge in [-0.1, -0.05) is 23.7 Å². The van der Waals surface area contributed by atoms with E-state index in [0.717, 1.165) is 16.8 Å². The van der Waals surface area contributed by atoms with Crippen LogP contribution in [0.5, 0.6) is 0 Å². The number of anilines is 1. The molecular formula is C18H16ClN3O2. The number of carbonyl (C=O) groups is 1. The standard InChI is InChI=1S/C18H16ClN3O2/c1-12-3-2-4-15(11-12)20-16(23)9-10-17-21-22-18(24-17)13-5-7-14(19)8-6-13/h2-8,11H,9-10H2,1H3,(H,20,23). The second-order valence-electron chi connectivity index (χ2n) is 5.43. The molecule has 0 atom stereocenters. The fraction of sp³-hybridized carbons (Fsp3) is 0.167. The number of amides is 1. The van der Waals surface area contributed by atoms with Crippen molar-refractivity contribution in [2.24, 2.45) is 0 Å². The molecule has 0 unspecified atom stereocenters. The molecule has 3 aromatic rings. The van der Waals surface area contributed by atoms with Crippen molar-refractivity contribution < 1.29 is 9.21 Å². The number of nitrogens with zero attached hydrogens (tertiary/aromatic N) is 2. The van der Waals surface area contributed by atoms with E-state index in [1.165, 1.54) is 0 Å². The Balaban J connectivity index is 1.57. The van der Waals surface area contributed by atoms with E-state index in [4.69, 9.17) is 16.0 Å². The predicted molar refractivity (Wildman–Crippen MR) is 92.9 cm³/mol. The van der Waals surface area contributed by atoms with Crippen molar-refractivity contribution in [3.63, 3.8) is 0 Å². The SMILES string of the molecule is Cc1cccc(NC(=O)CCc2nnc(-c3ccc(Cl)cc3)o2)c1. The third-order valence-electron chi connectivity index (χ3n) is 3.43. The van der Waals surface area contributed by atoms with Crippen LogP contribution >= 0.6 is 11.6 Å². The van der Waals surface area contributed by atoms with Crippen LogP contribution in [-0.2, 0) is 11.2 Å². The van der Waals surface area contributed by atoms with Gasteiger partial charge in [0.05, 0.1) is 0 Å². The molecule has 24 heavy (non-hydrogen) atoms. The van der Waals surface area contributed by atoms with Crippen LogP contribution in [0.3, 0.4) is 0 Å². The Bertz CT molecular complexity index is 843. The summed E-state index contributed by atoms with van der Waals surface area (Å²) in [5.74, 6) is 0.756. The van der Waals surface area contributed by atoms with Crippen molar-refractivity contribution in [1.82, 2.24) is 10.2 Å². The highest BCUT2D eigenvalue weighted by Gasteiger charge is 2.11. The maximum Gasteiger partial charge on any atom is 0.247 e. The molecular weight excluding hydrogens is 326 g/mol. The van der Waals surface area contributed by atoms with Gasteiger partial charge in [-0.25, -0.2) is 0 Å². The summed E-state index contributed by atoms with van der Waals surface area (Å²) in [6.07, 6.45) is 0.661. The highest BCUT2D eigenvalue weighted by molar-refractivity contribution is 6.30. The average molecular weight is 342 g/mol. The highest BCUT2D eigenvalue weighted by atomic mass is 35.5. The molecule has 0 fully saturated rings. The van der Waals surface area contributed by atoms with Crippen LogP contribution in [0.1, 0.15) is 17.9 Å². The minimum absolute atomic E-state index is 0.0909. The van der Waals surface area contributed by atoms with Gasteiger partial charge in [-0.15, -0.1) is 10.2 Å². The molecule has 6 heteroatoms. The third-order valence-corrected chi connectivity index (χ3v) is 3.68. The lowest BCUT2D eigenvalue weighted by Crippen LogP contribution is -2.12. The van der Waals surface area contributed by atoms with Gasteiger partial charge >= 0.3 is 0 Å². The van der Waals surface area contributed by atoms with Crippen molar-refractivity contribution in [2.75, 3.05) is 5.32 Å². The molecule has 1 N–H and O–H groups in total. The zero-order valence-corrected chi connectivity index (χ0v) is 13.9. The molecule has 1 amide bonds. The number of nitrogens with one attached hydrogen (secondary N) is 1. The predicted octanol–water partition coefficient (Wildman–Crippen LogP) is 4.27. The second kappa shape index (κ2) is 7.27. The van der Waals surface area contributed by atoms with Crippen molar-refractivity contribution in [1.29, 1.82) is 0 Å². The summed E-state index contributed by atoms with van der Waals surface area (Å²) in [5, 5.41) is 11.5. The third kappa shape index (κ3) is 4.20. The molecule has 122 valence electrons. The fourth-order valence-electron chi connectivity index (χ4n) is 2.23. The van der Waals surface area contributed by atoms with Crippen molar-refractivity contribution in [3.8, 4) is 11.5 Å². The average Bonchev–Trinajstić information content (AvgIpc) is 3.03. The van der Waals surface area contributed by atoms with Crippen LogP contribution in [0.15, 0.2) is 52.9 Å². The Morgan fingerprint density at radius 1 is 1.17 bits per heavy atom. The summed E-state index contributed by atoms with van der Waals surface area (Å²) in [6, 6.07) is 14.8. The van der Waals surface area contributed by atoms with Gasteiger partial charge < -0.3 is 9.73 Å². The van der Waals surface area contributed by atoms with Crippen molar-refractivity contribution in [3.05, 3.63) is 65.0 Å². The molecule has 0 bridgehead atoms. The first-order valence-corrected chi connectivity index (χ1v) is 7.93. The number of rotatable bonds is 5. The largest absolute Gasteiger partial charge is 0.421 e. The zero-order chi connectivity index (χ0) is 16.9. The maximum absolute atomic E-state index is 12.0. The molecule has 0 radical (unpaired) electrons. The summed E-state index contributed by atoms with van der Waals surface area (Å²) in [5.41, 5.74) is 2.67. The number of carbonyl (C=O) groups excluding carboxylic acids is 1. The number of hydrogen-bond acceptors (Lipinski definition) is 4. The lowest BCUT2D eigenvalue weighted by Gasteiger charge is -2.04. The molecule has 5 nitrogen and oxygen atoms in total. The van der Waals surface area contributed by atoms with Gasteiger partial charge in [-0.05, 0) is 48.9 Å². The first-order chi connectivity index (χ1) is 11.6. The minimum atomic E-state index is -0.0909. The summed E-state index contributed by atoms with van der Waals surface area (Å²) in [4.78, 5) is 12.0. The van der Waals surface area contributed by atoms with Crippen molar-refractivity contribution in [2.45, 2.75) is 19.8 Å². The number of aromatic nitrogens is 2. The summed E-state index contributed by atoms with van der Waals surface area (Å²) < 4.78 is 5.58. The molecule has 0 saturated carbocycles. The smallest absolute Gasteiger partial charge is 0.247 e. The zero-order valence-electron chi connectivity index (χ0n) is 13.1. The molecule has 2 aromatic carbocycles. The summed E-state index contributed by atoms with van der Waals surface area (Å²) >= 11 is 5.85. The minimum Gasteiger partial charge on any atom is -0.421 e. The fourth-order valence-corrected chi connectivity index (χ4v) is 2.36.